The van der Waals surface area contributed by atoms with Crippen molar-refractivity contribution < 1.29 is 9.53 Å². The number of carbonyl (C=O) groups is 1. The predicted molar refractivity (Wildman–Crippen MR) is 103 cm³/mol. The average Bonchev–Trinajstić information content (AvgIpc) is 3.11. The number of nitrogens with zero attached hydrogens (tertiary/aromatic N) is 3. The van der Waals surface area contributed by atoms with E-state index in [4.69, 9.17) is 4.74 Å². The van der Waals surface area contributed by atoms with Crippen molar-refractivity contribution in [3.05, 3.63) is 70.6 Å². The number of carbonyl (C=O) groups excluding carboxylic acids is 1. The maximum atomic E-state index is 12.2. The van der Waals surface area contributed by atoms with Gasteiger partial charge in [0.25, 0.3) is 5.91 Å². The molecule has 0 saturated carbocycles. The van der Waals surface area contributed by atoms with Crippen LogP contribution in [0.3, 0.4) is 0 Å². The average molecular weight is 415 g/mol. The highest BCUT2D eigenvalue weighted by Gasteiger charge is 2.10. The zero-order valence-electron chi connectivity index (χ0n) is 14.5. The van der Waals surface area contributed by atoms with Crippen LogP contribution < -0.4 is 10.1 Å². The van der Waals surface area contributed by atoms with Crippen LogP contribution in [0, 0.1) is 0 Å². The standard InChI is InChI=1S/C19H19BrN4O2/c1-13(2)14-3-6-16(7-4-14)26-12-24-10-9-17(23-24)19(25)22-18-8-5-15(20)11-21-18/h3-11,13H,12H2,1-2H3,(H,21,22,25). The van der Waals surface area contributed by atoms with Crippen LogP contribution in [0.4, 0.5) is 5.82 Å². The van der Waals surface area contributed by atoms with Crippen molar-refractivity contribution >= 4 is 27.7 Å². The molecule has 134 valence electrons. The number of hydrogen-bond donors (Lipinski definition) is 1. The monoisotopic (exact) mass is 414 g/mol. The van der Waals surface area contributed by atoms with E-state index in [-0.39, 0.29) is 12.6 Å². The molecule has 7 heteroatoms. The maximum Gasteiger partial charge on any atom is 0.277 e. The zero-order chi connectivity index (χ0) is 18.5. The number of benzene rings is 1. The van der Waals surface area contributed by atoms with Crippen molar-refractivity contribution in [2.75, 3.05) is 5.32 Å². The number of anilines is 1. The second-order valence-electron chi connectivity index (χ2n) is 6.05. The summed E-state index contributed by atoms with van der Waals surface area (Å²) in [6.45, 7) is 4.52. The van der Waals surface area contributed by atoms with Crippen molar-refractivity contribution in [1.29, 1.82) is 0 Å². The summed E-state index contributed by atoms with van der Waals surface area (Å²) in [6, 6.07) is 13.1. The highest BCUT2D eigenvalue weighted by molar-refractivity contribution is 9.10. The molecule has 0 spiro atoms. The van der Waals surface area contributed by atoms with Crippen LogP contribution in [0.15, 0.2) is 59.3 Å². The number of aromatic nitrogens is 3. The second-order valence-corrected chi connectivity index (χ2v) is 6.97. The first kappa shape index (κ1) is 18.1. The molecule has 0 radical (unpaired) electrons. The Hall–Kier alpha value is -2.67. The molecular formula is C19H19BrN4O2. The topological polar surface area (TPSA) is 69.0 Å². The second kappa shape index (κ2) is 8.14. The maximum absolute atomic E-state index is 12.2. The van der Waals surface area contributed by atoms with Gasteiger partial charge in [-0.1, -0.05) is 26.0 Å². The zero-order valence-corrected chi connectivity index (χ0v) is 16.1. The minimum absolute atomic E-state index is 0.227. The number of hydrogen-bond acceptors (Lipinski definition) is 4. The summed E-state index contributed by atoms with van der Waals surface area (Å²) in [5.41, 5.74) is 1.56. The Balaban J connectivity index is 1.57. The van der Waals surface area contributed by atoms with E-state index in [1.807, 2.05) is 24.3 Å². The molecule has 0 fully saturated rings. The summed E-state index contributed by atoms with van der Waals surface area (Å²) < 4.78 is 8.12. The van der Waals surface area contributed by atoms with Gasteiger partial charge in [-0.05, 0) is 57.7 Å². The number of rotatable bonds is 6. The number of halogens is 1. The lowest BCUT2D eigenvalue weighted by Crippen LogP contribution is -2.15. The Morgan fingerprint density at radius 2 is 1.96 bits per heavy atom. The molecule has 26 heavy (non-hydrogen) atoms. The lowest BCUT2D eigenvalue weighted by atomic mass is 10.0. The smallest absolute Gasteiger partial charge is 0.277 e. The van der Waals surface area contributed by atoms with Gasteiger partial charge >= 0.3 is 0 Å². The molecule has 0 unspecified atom stereocenters. The first-order valence-corrected chi connectivity index (χ1v) is 8.99. The van der Waals surface area contributed by atoms with Crippen LogP contribution in [0.2, 0.25) is 0 Å². The van der Waals surface area contributed by atoms with Gasteiger partial charge in [-0.15, -0.1) is 0 Å². The van der Waals surface area contributed by atoms with Crippen molar-refractivity contribution in [2.24, 2.45) is 0 Å². The third kappa shape index (κ3) is 4.70. The predicted octanol–water partition coefficient (Wildman–Crippen LogP) is 4.45. The fourth-order valence-corrected chi connectivity index (χ4v) is 2.51. The molecule has 6 nitrogen and oxygen atoms in total. The molecule has 0 aliphatic heterocycles. The summed E-state index contributed by atoms with van der Waals surface area (Å²) in [4.78, 5) is 16.3. The number of pyridine rings is 1. The van der Waals surface area contributed by atoms with E-state index < -0.39 is 0 Å². The highest BCUT2D eigenvalue weighted by Crippen LogP contribution is 2.18. The Morgan fingerprint density at radius 1 is 1.19 bits per heavy atom. The Labute approximate surface area is 160 Å². The molecule has 0 atom stereocenters. The van der Waals surface area contributed by atoms with Gasteiger partial charge in [0, 0.05) is 16.9 Å². The van der Waals surface area contributed by atoms with Crippen molar-refractivity contribution in [3.63, 3.8) is 0 Å². The van der Waals surface area contributed by atoms with Gasteiger partial charge < -0.3 is 10.1 Å². The van der Waals surface area contributed by atoms with Gasteiger partial charge in [-0.25, -0.2) is 9.67 Å². The van der Waals surface area contributed by atoms with E-state index in [1.165, 1.54) is 5.56 Å². The lowest BCUT2D eigenvalue weighted by molar-refractivity contribution is 0.102. The molecule has 3 aromatic rings. The van der Waals surface area contributed by atoms with E-state index in [2.05, 4.69) is 45.2 Å². The largest absolute Gasteiger partial charge is 0.471 e. The molecule has 0 saturated heterocycles. The first-order valence-electron chi connectivity index (χ1n) is 8.20. The van der Waals surface area contributed by atoms with Gasteiger partial charge in [0.15, 0.2) is 12.4 Å². The molecule has 1 aromatic carbocycles. The molecule has 0 bridgehead atoms. The summed E-state index contributed by atoms with van der Waals surface area (Å²) in [7, 11) is 0. The van der Waals surface area contributed by atoms with Gasteiger partial charge in [0.05, 0.1) is 0 Å². The summed E-state index contributed by atoms with van der Waals surface area (Å²) in [5.74, 6) is 1.39. The van der Waals surface area contributed by atoms with Gasteiger partial charge in [-0.3, -0.25) is 4.79 Å². The van der Waals surface area contributed by atoms with Crippen LogP contribution in [-0.2, 0) is 6.73 Å². The Morgan fingerprint density at radius 3 is 2.62 bits per heavy atom. The van der Waals surface area contributed by atoms with Gasteiger partial charge in [0.1, 0.15) is 11.6 Å². The molecule has 1 amide bonds. The van der Waals surface area contributed by atoms with E-state index in [0.29, 0.717) is 17.4 Å². The van der Waals surface area contributed by atoms with E-state index in [0.717, 1.165) is 10.2 Å². The number of ether oxygens (including phenoxy) is 1. The third-order valence-electron chi connectivity index (χ3n) is 3.75. The fourth-order valence-electron chi connectivity index (χ4n) is 2.27. The Bertz CT molecular complexity index is 873. The van der Waals surface area contributed by atoms with Gasteiger partial charge in [-0.2, -0.15) is 5.10 Å². The molecule has 1 N–H and O–H groups in total. The van der Waals surface area contributed by atoms with Crippen LogP contribution in [0.5, 0.6) is 5.75 Å². The van der Waals surface area contributed by atoms with E-state index in [9.17, 15) is 4.79 Å². The van der Waals surface area contributed by atoms with Crippen LogP contribution in [-0.4, -0.2) is 20.7 Å². The molecule has 0 aliphatic carbocycles. The van der Waals surface area contributed by atoms with Crippen LogP contribution in [0.25, 0.3) is 0 Å². The quantitative estimate of drug-likeness (QED) is 0.646. The molecule has 2 aromatic heterocycles. The summed E-state index contributed by atoms with van der Waals surface area (Å²) in [5, 5.41) is 6.93. The minimum atomic E-state index is -0.320. The summed E-state index contributed by atoms with van der Waals surface area (Å²) >= 11 is 3.30. The Kier molecular flexibility index (Phi) is 5.68. The molecule has 0 aliphatic rings. The van der Waals surface area contributed by atoms with Crippen molar-refractivity contribution in [1.82, 2.24) is 14.8 Å². The summed E-state index contributed by atoms with van der Waals surface area (Å²) in [6.07, 6.45) is 3.32. The van der Waals surface area contributed by atoms with Gasteiger partial charge in [0.2, 0.25) is 0 Å². The van der Waals surface area contributed by atoms with Crippen molar-refractivity contribution in [3.8, 4) is 5.75 Å². The van der Waals surface area contributed by atoms with Crippen molar-refractivity contribution in [2.45, 2.75) is 26.5 Å². The highest BCUT2D eigenvalue weighted by atomic mass is 79.9. The van der Waals surface area contributed by atoms with E-state index >= 15 is 0 Å². The first-order chi connectivity index (χ1) is 12.5. The molecular weight excluding hydrogens is 396 g/mol. The number of amides is 1. The minimum Gasteiger partial charge on any atom is -0.471 e. The molecule has 2 heterocycles. The lowest BCUT2D eigenvalue weighted by Gasteiger charge is -2.09. The fraction of sp³-hybridized carbons (Fsp3) is 0.211. The SMILES string of the molecule is CC(C)c1ccc(OCn2ccc(C(=O)Nc3ccc(Br)cn3)n2)cc1. The van der Waals surface area contributed by atoms with Crippen LogP contribution >= 0.6 is 15.9 Å². The number of nitrogens with one attached hydrogen (secondary N) is 1. The molecule has 3 rings (SSSR count). The van der Waals surface area contributed by atoms with Crippen LogP contribution in [0.1, 0.15) is 35.8 Å². The van der Waals surface area contributed by atoms with E-state index in [1.54, 1.807) is 35.3 Å². The normalized spacial score (nSPS) is 10.8. The third-order valence-corrected chi connectivity index (χ3v) is 4.22.